The second-order valence-corrected chi connectivity index (χ2v) is 6.74. The number of rotatable bonds is 8. The molecule has 0 amide bonds. The predicted octanol–water partition coefficient (Wildman–Crippen LogP) is 6.42. The summed E-state index contributed by atoms with van der Waals surface area (Å²) < 4.78 is 11.6. The van der Waals surface area contributed by atoms with Gasteiger partial charge in [0, 0.05) is 15.6 Å². The number of benzene rings is 3. The molecule has 3 aromatic rings. The minimum Gasteiger partial charge on any atom is -0.490 e. The summed E-state index contributed by atoms with van der Waals surface area (Å²) in [5.74, 6) is 1.29. The van der Waals surface area contributed by atoms with Crippen LogP contribution in [0.25, 0.3) is 0 Å². The molecule has 0 aliphatic carbocycles. The van der Waals surface area contributed by atoms with Crippen molar-refractivity contribution in [3.8, 4) is 11.5 Å². The molecule has 0 aromatic heterocycles. The zero-order valence-corrected chi connectivity index (χ0v) is 16.9. The van der Waals surface area contributed by atoms with Crippen LogP contribution in [0, 0.1) is 0 Å². The average molecular weight is 415 g/mol. The van der Waals surface area contributed by atoms with E-state index in [4.69, 9.17) is 32.7 Å². The lowest BCUT2D eigenvalue weighted by Gasteiger charge is -2.13. The quantitative estimate of drug-likeness (QED) is 0.341. The first-order valence-corrected chi connectivity index (χ1v) is 9.59. The van der Waals surface area contributed by atoms with Gasteiger partial charge in [0.15, 0.2) is 11.5 Å². The number of nitrogens with zero attached hydrogens (tertiary/aromatic N) is 1. The molecule has 0 bridgehead atoms. The van der Waals surface area contributed by atoms with E-state index in [0.717, 1.165) is 16.8 Å². The second kappa shape index (κ2) is 10.0. The van der Waals surface area contributed by atoms with Crippen molar-refractivity contribution < 1.29 is 9.47 Å². The Balaban J connectivity index is 1.69. The van der Waals surface area contributed by atoms with Crippen LogP contribution in [0.15, 0.2) is 71.8 Å². The first-order valence-electron chi connectivity index (χ1n) is 8.83. The minimum atomic E-state index is 0.319. The maximum absolute atomic E-state index is 6.21. The third kappa shape index (κ3) is 5.65. The van der Waals surface area contributed by atoms with Crippen LogP contribution in [-0.2, 0) is 6.61 Å². The van der Waals surface area contributed by atoms with Gasteiger partial charge in [-0.15, -0.1) is 0 Å². The highest BCUT2D eigenvalue weighted by Crippen LogP contribution is 2.30. The summed E-state index contributed by atoms with van der Waals surface area (Å²) in [5, 5.41) is 5.42. The van der Waals surface area contributed by atoms with Crippen LogP contribution in [0.5, 0.6) is 11.5 Å². The average Bonchev–Trinajstić information content (AvgIpc) is 2.69. The fourth-order valence-electron chi connectivity index (χ4n) is 2.48. The van der Waals surface area contributed by atoms with Crippen molar-refractivity contribution in [2.24, 2.45) is 5.10 Å². The molecule has 3 aromatic carbocycles. The van der Waals surface area contributed by atoms with E-state index in [9.17, 15) is 0 Å². The molecule has 0 aliphatic heterocycles. The zero-order chi connectivity index (χ0) is 19.8. The summed E-state index contributed by atoms with van der Waals surface area (Å²) in [7, 11) is 0. The smallest absolute Gasteiger partial charge is 0.161 e. The fraction of sp³-hybridized carbons (Fsp3) is 0.136. The summed E-state index contributed by atoms with van der Waals surface area (Å²) in [4.78, 5) is 0. The van der Waals surface area contributed by atoms with Gasteiger partial charge in [0.05, 0.1) is 18.5 Å². The van der Waals surface area contributed by atoms with Gasteiger partial charge in [-0.05, 0) is 55.0 Å². The monoisotopic (exact) mass is 414 g/mol. The molecule has 0 aliphatic rings. The summed E-state index contributed by atoms with van der Waals surface area (Å²) in [6.45, 7) is 2.78. The maximum atomic E-state index is 6.21. The van der Waals surface area contributed by atoms with E-state index in [2.05, 4.69) is 10.5 Å². The molecule has 28 heavy (non-hydrogen) atoms. The summed E-state index contributed by atoms with van der Waals surface area (Å²) >= 11 is 12.1. The van der Waals surface area contributed by atoms with Gasteiger partial charge in [-0.2, -0.15) is 5.10 Å². The lowest BCUT2D eigenvalue weighted by molar-refractivity contribution is 0.269. The fourth-order valence-corrected chi connectivity index (χ4v) is 2.94. The van der Waals surface area contributed by atoms with Crippen molar-refractivity contribution in [2.75, 3.05) is 12.0 Å². The number of halogens is 2. The molecule has 0 radical (unpaired) electrons. The van der Waals surface area contributed by atoms with E-state index >= 15 is 0 Å². The van der Waals surface area contributed by atoms with Crippen molar-refractivity contribution in [3.05, 3.63) is 87.9 Å². The van der Waals surface area contributed by atoms with E-state index in [1.807, 2.05) is 61.5 Å². The Labute approximate surface area is 174 Å². The zero-order valence-electron chi connectivity index (χ0n) is 15.4. The first kappa shape index (κ1) is 20.1. The normalized spacial score (nSPS) is 10.8. The molecule has 0 saturated carbocycles. The molecule has 144 valence electrons. The standard InChI is InChI=1S/C22H20Cl2N2O2/c1-2-27-22-12-16(14-25-26-19-6-4-3-5-7-19)8-11-21(22)28-15-17-9-10-18(23)13-20(17)24/h3-14,26H,2,15H2,1H3/b25-14-. The van der Waals surface area contributed by atoms with Crippen LogP contribution in [0.1, 0.15) is 18.1 Å². The van der Waals surface area contributed by atoms with Crippen LogP contribution in [0.4, 0.5) is 5.69 Å². The number of hydrazone groups is 1. The molecule has 0 fully saturated rings. The van der Waals surface area contributed by atoms with Gasteiger partial charge in [0.25, 0.3) is 0 Å². The molecule has 0 atom stereocenters. The Bertz CT molecular complexity index is 947. The van der Waals surface area contributed by atoms with E-state index < -0.39 is 0 Å². The summed E-state index contributed by atoms with van der Waals surface area (Å²) in [6, 6.07) is 20.7. The lowest BCUT2D eigenvalue weighted by Crippen LogP contribution is -2.01. The van der Waals surface area contributed by atoms with Crippen molar-refractivity contribution in [1.29, 1.82) is 0 Å². The third-order valence-corrected chi connectivity index (χ3v) is 4.43. The highest BCUT2D eigenvalue weighted by molar-refractivity contribution is 6.35. The number of para-hydroxylation sites is 1. The van der Waals surface area contributed by atoms with Gasteiger partial charge in [0.1, 0.15) is 6.61 Å². The Hall–Kier alpha value is -2.69. The van der Waals surface area contributed by atoms with Crippen molar-refractivity contribution in [2.45, 2.75) is 13.5 Å². The van der Waals surface area contributed by atoms with E-state index in [1.165, 1.54) is 0 Å². The molecule has 0 saturated heterocycles. The van der Waals surface area contributed by atoms with Crippen LogP contribution >= 0.6 is 23.2 Å². The predicted molar refractivity (Wildman–Crippen MR) is 116 cm³/mol. The largest absolute Gasteiger partial charge is 0.490 e. The number of hydrogen-bond acceptors (Lipinski definition) is 4. The highest BCUT2D eigenvalue weighted by atomic mass is 35.5. The maximum Gasteiger partial charge on any atom is 0.161 e. The Morgan fingerprint density at radius 1 is 0.929 bits per heavy atom. The molecule has 6 heteroatoms. The molecule has 3 rings (SSSR count). The molecular formula is C22H20Cl2N2O2. The van der Waals surface area contributed by atoms with Gasteiger partial charge in [0.2, 0.25) is 0 Å². The Kier molecular flexibility index (Phi) is 7.18. The van der Waals surface area contributed by atoms with Gasteiger partial charge < -0.3 is 9.47 Å². The van der Waals surface area contributed by atoms with Crippen molar-refractivity contribution in [3.63, 3.8) is 0 Å². The van der Waals surface area contributed by atoms with Gasteiger partial charge in [-0.25, -0.2) is 0 Å². The van der Waals surface area contributed by atoms with Crippen LogP contribution in [-0.4, -0.2) is 12.8 Å². The summed E-state index contributed by atoms with van der Waals surface area (Å²) in [6.07, 6.45) is 1.73. The molecule has 1 N–H and O–H groups in total. The molecule has 0 unspecified atom stereocenters. The van der Waals surface area contributed by atoms with E-state index in [1.54, 1.807) is 18.3 Å². The van der Waals surface area contributed by atoms with Crippen LogP contribution in [0.3, 0.4) is 0 Å². The SMILES string of the molecule is CCOc1cc(/C=N\Nc2ccccc2)ccc1OCc1ccc(Cl)cc1Cl. The number of anilines is 1. The molecular weight excluding hydrogens is 395 g/mol. The number of hydrogen-bond donors (Lipinski definition) is 1. The molecule has 4 nitrogen and oxygen atoms in total. The van der Waals surface area contributed by atoms with Crippen molar-refractivity contribution >= 4 is 35.1 Å². The third-order valence-electron chi connectivity index (χ3n) is 3.85. The second-order valence-electron chi connectivity index (χ2n) is 5.90. The molecule has 0 heterocycles. The van der Waals surface area contributed by atoms with Gasteiger partial charge in [-0.1, -0.05) is 47.5 Å². The van der Waals surface area contributed by atoms with Gasteiger partial charge in [-0.3, -0.25) is 5.43 Å². The Morgan fingerprint density at radius 3 is 2.50 bits per heavy atom. The van der Waals surface area contributed by atoms with Gasteiger partial charge >= 0.3 is 0 Å². The van der Waals surface area contributed by atoms with Crippen LogP contribution in [0.2, 0.25) is 10.0 Å². The van der Waals surface area contributed by atoms with E-state index in [-0.39, 0.29) is 0 Å². The minimum absolute atomic E-state index is 0.319. The van der Waals surface area contributed by atoms with Crippen LogP contribution < -0.4 is 14.9 Å². The molecule has 0 spiro atoms. The summed E-state index contributed by atoms with van der Waals surface area (Å²) in [5.41, 5.74) is 5.65. The highest BCUT2D eigenvalue weighted by Gasteiger charge is 2.08. The lowest BCUT2D eigenvalue weighted by atomic mass is 10.2. The van der Waals surface area contributed by atoms with Crippen molar-refractivity contribution in [1.82, 2.24) is 0 Å². The Morgan fingerprint density at radius 2 is 1.75 bits per heavy atom. The first-order chi connectivity index (χ1) is 13.7. The number of nitrogens with one attached hydrogen (secondary N) is 1. The topological polar surface area (TPSA) is 42.8 Å². The number of ether oxygens (including phenoxy) is 2. The van der Waals surface area contributed by atoms with E-state index in [0.29, 0.717) is 34.8 Å².